The van der Waals surface area contributed by atoms with Gasteiger partial charge in [-0.2, -0.15) is 0 Å². The van der Waals surface area contributed by atoms with Crippen LogP contribution in [0.5, 0.6) is 0 Å². The normalized spacial score (nSPS) is 42.0. The van der Waals surface area contributed by atoms with E-state index < -0.39 is 17.5 Å². The molecule has 0 unspecified atom stereocenters. The lowest BCUT2D eigenvalue weighted by Crippen LogP contribution is -2.58. The van der Waals surface area contributed by atoms with Crippen LogP contribution >= 0.6 is 0 Å². The number of hydrogen-bond donors (Lipinski definition) is 2. The van der Waals surface area contributed by atoms with Crippen LogP contribution in [0.1, 0.15) is 91.9 Å². The molecule has 0 spiro atoms. The predicted molar refractivity (Wildman–Crippen MR) is 126 cm³/mol. The zero-order valence-electron chi connectivity index (χ0n) is 20.5. The molecule has 4 nitrogen and oxygen atoms in total. The molecule has 0 aromatic carbocycles. The standard InChI is InChI=1S/C28H42O4/c1-17(2)18(3)6-9-24(25(30)31)28(32)15-12-23-21-8-7-19-16-20(29)10-13-26(19,4)22(21)11-14-27(23,28)5/h16-17,21-24,32H,3,6-15H2,1-2,4-5H3,(H,30,31)/t21-,22+,23+,24+,26+,27+,28+/m1/s1. The topological polar surface area (TPSA) is 74.6 Å². The Hall–Kier alpha value is -1.42. The van der Waals surface area contributed by atoms with Gasteiger partial charge < -0.3 is 10.2 Å². The Morgan fingerprint density at radius 3 is 2.47 bits per heavy atom. The maximum atomic E-state index is 12.4. The summed E-state index contributed by atoms with van der Waals surface area (Å²) in [7, 11) is 0. The van der Waals surface area contributed by atoms with Crippen LogP contribution in [-0.2, 0) is 9.59 Å². The highest BCUT2D eigenvalue weighted by atomic mass is 16.4. The van der Waals surface area contributed by atoms with E-state index in [1.165, 1.54) is 5.57 Å². The van der Waals surface area contributed by atoms with Crippen LogP contribution in [0.2, 0.25) is 0 Å². The minimum absolute atomic E-state index is 0.0973. The van der Waals surface area contributed by atoms with Gasteiger partial charge in [0, 0.05) is 11.8 Å². The van der Waals surface area contributed by atoms with E-state index >= 15 is 0 Å². The number of allylic oxidation sites excluding steroid dienone is 2. The van der Waals surface area contributed by atoms with Crippen LogP contribution in [-0.4, -0.2) is 27.6 Å². The summed E-state index contributed by atoms with van der Waals surface area (Å²) in [6.45, 7) is 12.9. The molecule has 0 amide bonds. The number of fused-ring (bicyclic) bond motifs is 5. The Bertz CT molecular complexity index is 840. The first kappa shape index (κ1) is 23.7. The highest BCUT2D eigenvalue weighted by Gasteiger charge is 2.66. The average Bonchev–Trinajstić information content (AvgIpc) is 2.99. The number of carbonyl (C=O) groups excluding carboxylic acids is 1. The Morgan fingerprint density at radius 2 is 1.81 bits per heavy atom. The van der Waals surface area contributed by atoms with Crippen molar-refractivity contribution in [2.45, 2.75) is 97.5 Å². The van der Waals surface area contributed by atoms with Crippen molar-refractivity contribution in [1.29, 1.82) is 0 Å². The fraction of sp³-hybridized carbons (Fsp3) is 0.786. The smallest absolute Gasteiger partial charge is 0.309 e. The van der Waals surface area contributed by atoms with E-state index in [2.05, 4.69) is 34.3 Å². The summed E-state index contributed by atoms with van der Waals surface area (Å²) < 4.78 is 0. The second-order valence-electron chi connectivity index (χ2n) is 12.1. The first-order valence-corrected chi connectivity index (χ1v) is 12.8. The molecule has 0 heterocycles. The quantitative estimate of drug-likeness (QED) is 0.499. The van der Waals surface area contributed by atoms with Gasteiger partial charge in [-0.05, 0) is 93.0 Å². The molecule has 0 bridgehead atoms. The van der Waals surface area contributed by atoms with Crippen molar-refractivity contribution in [1.82, 2.24) is 0 Å². The molecule has 3 fully saturated rings. The van der Waals surface area contributed by atoms with E-state index in [1.54, 1.807) is 0 Å². The molecular weight excluding hydrogens is 400 g/mol. The third-order valence-corrected chi connectivity index (χ3v) is 10.6. The number of ketones is 1. The number of carboxylic acids is 1. The van der Waals surface area contributed by atoms with Crippen molar-refractivity contribution in [2.24, 2.45) is 40.4 Å². The van der Waals surface area contributed by atoms with Crippen LogP contribution in [0.3, 0.4) is 0 Å². The molecule has 0 saturated heterocycles. The lowest BCUT2D eigenvalue weighted by atomic mass is 9.45. The van der Waals surface area contributed by atoms with E-state index in [4.69, 9.17) is 0 Å². The van der Waals surface area contributed by atoms with E-state index in [-0.39, 0.29) is 16.6 Å². The fourth-order valence-electron chi connectivity index (χ4n) is 8.37. The van der Waals surface area contributed by atoms with Crippen LogP contribution in [0.25, 0.3) is 0 Å². The molecule has 4 aliphatic carbocycles. The maximum absolute atomic E-state index is 12.4. The summed E-state index contributed by atoms with van der Waals surface area (Å²) in [6, 6.07) is 0. The highest BCUT2D eigenvalue weighted by molar-refractivity contribution is 5.91. The molecule has 0 aliphatic heterocycles. The summed E-state index contributed by atoms with van der Waals surface area (Å²) >= 11 is 0. The van der Waals surface area contributed by atoms with E-state index in [0.717, 1.165) is 44.1 Å². The molecule has 0 aromatic heterocycles. The van der Waals surface area contributed by atoms with Gasteiger partial charge in [-0.25, -0.2) is 0 Å². The summed E-state index contributed by atoms with van der Waals surface area (Å²) in [5.41, 5.74) is 0.987. The minimum Gasteiger partial charge on any atom is -0.481 e. The van der Waals surface area contributed by atoms with E-state index in [0.29, 0.717) is 49.4 Å². The number of aliphatic hydroxyl groups is 1. The molecule has 0 radical (unpaired) electrons. The fourth-order valence-corrected chi connectivity index (χ4v) is 8.37. The van der Waals surface area contributed by atoms with Gasteiger partial charge in [-0.15, -0.1) is 0 Å². The molecule has 0 aromatic rings. The van der Waals surface area contributed by atoms with E-state index in [1.807, 2.05) is 6.08 Å². The van der Waals surface area contributed by atoms with Crippen LogP contribution in [0.4, 0.5) is 0 Å². The Morgan fingerprint density at radius 1 is 1.12 bits per heavy atom. The van der Waals surface area contributed by atoms with Gasteiger partial charge in [0.2, 0.25) is 0 Å². The molecule has 7 atom stereocenters. The number of rotatable bonds is 6. The van der Waals surface area contributed by atoms with Crippen molar-refractivity contribution in [3.8, 4) is 0 Å². The third kappa shape index (κ3) is 3.43. The largest absolute Gasteiger partial charge is 0.481 e. The minimum atomic E-state index is -1.16. The first-order valence-electron chi connectivity index (χ1n) is 12.8. The zero-order chi connectivity index (χ0) is 23.5. The molecule has 178 valence electrons. The van der Waals surface area contributed by atoms with Gasteiger partial charge in [0.1, 0.15) is 0 Å². The van der Waals surface area contributed by atoms with Gasteiger partial charge in [0.05, 0.1) is 11.5 Å². The molecular formula is C28H42O4. The van der Waals surface area contributed by atoms with E-state index in [9.17, 15) is 19.8 Å². The van der Waals surface area contributed by atoms with Gasteiger partial charge in [-0.3, -0.25) is 9.59 Å². The Kier molecular flexibility index (Phi) is 6.01. The van der Waals surface area contributed by atoms with Crippen LogP contribution in [0.15, 0.2) is 23.8 Å². The van der Waals surface area contributed by atoms with Gasteiger partial charge in [0.15, 0.2) is 5.78 Å². The highest BCUT2D eigenvalue weighted by Crippen LogP contribution is 2.68. The van der Waals surface area contributed by atoms with Crippen LogP contribution < -0.4 is 0 Å². The summed E-state index contributed by atoms with van der Waals surface area (Å²) in [6.07, 6.45) is 10.1. The van der Waals surface area contributed by atoms with Gasteiger partial charge in [-0.1, -0.05) is 45.4 Å². The van der Waals surface area contributed by atoms with Gasteiger partial charge in [0.25, 0.3) is 0 Å². The second kappa shape index (κ2) is 8.11. The Labute approximate surface area is 193 Å². The van der Waals surface area contributed by atoms with Crippen molar-refractivity contribution in [3.63, 3.8) is 0 Å². The van der Waals surface area contributed by atoms with Crippen molar-refractivity contribution >= 4 is 11.8 Å². The number of carboxylic acid groups (broad SMARTS) is 1. The number of carbonyl (C=O) groups is 2. The third-order valence-electron chi connectivity index (χ3n) is 10.6. The van der Waals surface area contributed by atoms with Crippen molar-refractivity contribution in [2.75, 3.05) is 0 Å². The summed E-state index contributed by atoms with van der Waals surface area (Å²) in [4.78, 5) is 24.5. The Balaban J connectivity index is 1.60. The number of aliphatic carboxylic acids is 1. The van der Waals surface area contributed by atoms with Crippen molar-refractivity contribution in [3.05, 3.63) is 23.8 Å². The lowest BCUT2D eigenvalue weighted by Gasteiger charge is -2.59. The average molecular weight is 443 g/mol. The molecule has 3 saturated carbocycles. The molecule has 4 rings (SSSR count). The molecule has 4 aliphatic rings. The number of hydrogen-bond acceptors (Lipinski definition) is 3. The second-order valence-corrected chi connectivity index (χ2v) is 12.1. The molecule has 2 N–H and O–H groups in total. The molecule has 4 heteroatoms. The first-order chi connectivity index (χ1) is 14.9. The predicted octanol–water partition coefficient (Wildman–Crippen LogP) is 5.94. The zero-order valence-corrected chi connectivity index (χ0v) is 20.5. The maximum Gasteiger partial charge on any atom is 0.309 e. The summed E-state index contributed by atoms with van der Waals surface area (Å²) in [5, 5.41) is 22.3. The van der Waals surface area contributed by atoms with Gasteiger partial charge >= 0.3 is 5.97 Å². The SMILES string of the molecule is C=C(CC[C@@H](C(=O)O)[C@@]1(O)CC[C@H]2[C@@H]3CCC4=CC(=O)CC[C@]4(C)[C@H]3CC[C@@]21C)C(C)C. The summed E-state index contributed by atoms with van der Waals surface area (Å²) in [5.74, 6) is 0.412. The monoisotopic (exact) mass is 442 g/mol. The van der Waals surface area contributed by atoms with Crippen molar-refractivity contribution < 1.29 is 19.8 Å². The molecule has 32 heavy (non-hydrogen) atoms. The lowest BCUT2D eigenvalue weighted by molar-refractivity contribution is -0.178. The van der Waals surface area contributed by atoms with Crippen LogP contribution in [0, 0.1) is 40.4 Å².